The molecule has 0 spiro atoms. The molecule has 2 atom stereocenters. The molecule has 1 N–H and O–H groups in total. The zero-order chi connectivity index (χ0) is 11.4. The van der Waals surface area contributed by atoms with E-state index in [1.807, 2.05) is 0 Å². The van der Waals surface area contributed by atoms with E-state index in [1.54, 1.807) is 7.11 Å². The minimum Gasteiger partial charge on any atom is -0.382 e. The Bertz CT molecular complexity index is 210. The van der Waals surface area contributed by atoms with E-state index in [4.69, 9.17) is 9.47 Å². The molecule has 0 aromatic rings. The predicted molar refractivity (Wildman–Crippen MR) is 64.6 cm³/mol. The van der Waals surface area contributed by atoms with Gasteiger partial charge in [0, 0.05) is 31.7 Å². The van der Waals surface area contributed by atoms with Crippen molar-refractivity contribution in [1.29, 1.82) is 0 Å². The quantitative estimate of drug-likeness (QED) is 0.752. The maximum Gasteiger partial charge on any atom is 0.0549 e. The van der Waals surface area contributed by atoms with Crippen LogP contribution in [-0.2, 0) is 9.47 Å². The maximum absolute atomic E-state index is 5.69. The van der Waals surface area contributed by atoms with Crippen LogP contribution in [-0.4, -0.2) is 39.0 Å². The van der Waals surface area contributed by atoms with Gasteiger partial charge in [-0.3, -0.25) is 0 Å². The largest absolute Gasteiger partial charge is 0.382 e. The van der Waals surface area contributed by atoms with Crippen LogP contribution in [0.15, 0.2) is 0 Å². The molecule has 2 unspecified atom stereocenters. The number of hydrogen-bond acceptors (Lipinski definition) is 3. The average molecular weight is 227 g/mol. The standard InChI is InChI=1S/C13H25NO2/c1-11(15-2)8-13(6-3-7-16-10-13)9-14-12-4-5-12/h11-12,14H,3-10H2,1-2H3. The Morgan fingerprint density at radius 1 is 1.50 bits per heavy atom. The molecule has 94 valence electrons. The molecule has 0 radical (unpaired) electrons. The van der Waals surface area contributed by atoms with Gasteiger partial charge in [0.2, 0.25) is 0 Å². The first-order chi connectivity index (χ1) is 7.74. The van der Waals surface area contributed by atoms with Gasteiger partial charge in [0.15, 0.2) is 0 Å². The third-order valence-corrected chi connectivity index (χ3v) is 3.87. The molecule has 0 bridgehead atoms. The molecular formula is C13H25NO2. The number of ether oxygens (including phenoxy) is 2. The summed E-state index contributed by atoms with van der Waals surface area (Å²) in [6.45, 7) is 5.10. The van der Waals surface area contributed by atoms with E-state index in [0.717, 1.165) is 32.2 Å². The van der Waals surface area contributed by atoms with Gasteiger partial charge in [-0.05, 0) is 39.0 Å². The monoisotopic (exact) mass is 227 g/mol. The lowest BCUT2D eigenvalue weighted by molar-refractivity contribution is -0.0388. The molecule has 1 saturated heterocycles. The highest BCUT2D eigenvalue weighted by atomic mass is 16.5. The van der Waals surface area contributed by atoms with Crippen LogP contribution in [0.5, 0.6) is 0 Å². The molecule has 16 heavy (non-hydrogen) atoms. The normalized spacial score (nSPS) is 32.6. The summed E-state index contributed by atoms with van der Waals surface area (Å²) in [6, 6.07) is 0.789. The summed E-state index contributed by atoms with van der Waals surface area (Å²) in [5.41, 5.74) is 0.316. The van der Waals surface area contributed by atoms with Crippen molar-refractivity contribution in [3.05, 3.63) is 0 Å². The molecule has 1 aliphatic carbocycles. The molecule has 0 amide bonds. The number of rotatable bonds is 6. The number of methoxy groups -OCH3 is 1. The summed E-state index contributed by atoms with van der Waals surface area (Å²) in [5.74, 6) is 0. The van der Waals surface area contributed by atoms with Gasteiger partial charge in [0.05, 0.1) is 12.7 Å². The highest BCUT2D eigenvalue weighted by Gasteiger charge is 2.36. The molecule has 2 aliphatic rings. The summed E-state index contributed by atoms with van der Waals surface area (Å²) in [5, 5.41) is 3.66. The first-order valence-corrected chi connectivity index (χ1v) is 6.58. The average Bonchev–Trinajstić information content (AvgIpc) is 3.11. The Kier molecular flexibility index (Phi) is 4.22. The van der Waals surface area contributed by atoms with E-state index >= 15 is 0 Å². The summed E-state index contributed by atoms with van der Waals surface area (Å²) >= 11 is 0. The van der Waals surface area contributed by atoms with Crippen LogP contribution in [0.25, 0.3) is 0 Å². The van der Waals surface area contributed by atoms with Crippen molar-refractivity contribution in [1.82, 2.24) is 5.32 Å². The van der Waals surface area contributed by atoms with Crippen LogP contribution in [0.2, 0.25) is 0 Å². The second kappa shape index (κ2) is 5.48. The first-order valence-electron chi connectivity index (χ1n) is 6.58. The fourth-order valence-electron chi connectivity index (χ4n) is 2.62. The fraction of sp³-hybridized carbons (Fsp3) is 1.00. The highest BCUT2D eigenvalue weighted by Crippen LogP contribution is 2.34. The predicted octanol–water partition coefficient (Wildman–Crippen LogP) is 1.96. The highest BCUT2D eigenvalue weighted by molar-refractivity contribution is 4.90. The van der Waals surface area contributed by atoms with Crippen molar-refractivity contribution < 1.29 is 9.47 Å². The Balaban J connectivity index is 1.86. The van der Waals surface area contributed by atoms with E-state index in [9.17, 15) is 0 Å². The molecule has 0 aromatic carbocycles. The zero-order valence-corrected chi connectivity index (χ0v) is 10.6. The van der Waals surface area contributed by atoms with E-state index < -0.39 is 0 Å². The molecule has 0 aromatic heterocycles. The van der Waals surface area contributed by atoms with Crippen LogP contribution in [0.4, 0.5) is 0 Å². The number of nitrogens with one attached hydrogen (secondary N) is 1. The van der Waals surface area contributed by atoms with E-state index in [0.29, 0.717) is 11.5 Å². The van der Waals surface area contributed by atoms with Gasteiger partial charge in [-0.15, -0.1) is 0 Å². The van der Waals surface area contributed by atoms with Gasteiger partial charge < -0.3 is 14.8 Å². The second-order valence-corrected chi connectivity index (χ2v) is 5.56. The van der Waals surface area contributed by atoms with Crippen LogP contribution >= 0.6 is 0 Å². The van der Waals surface area contributed by atoms with Crippen LogP contribution in [0.1, 0.15) is 39.0 Å². The summed E-state index contributed by atoms with van der Waals surface area (Å²) in [6.07, 6.45) is 6.64. The van der Waals surface area contributed by atoms with Gasteiger partial charge >= 0.3 is 0 Å². The lowest BCUT2D eigenvalue weighted by atomic mass is 9.77. The topological polar surface area (TPSA) is 30.5 Å². The lowest BCUT2D eigenvalue weighted by Crippen LogP contribution is -2.43. The minimum atomic E-state index is 0.316. The summed E-state index contributed by atoms with van der Waals surface area (Å²) in [7, 11) is 1.80. The Hall–Kier alpha value is -0.120. The molecule has 2 rings (SSSR count). The molecule has 3 heteroatoms. The Morgan fingerprint density at radius 2 is 2.31 bits per heavy atom. The molecule has 1 heterocycles. The molecule has 2 fully saturated rings. The minimum absolute atomic E-state index is 0.316. The van der Waals surface area contributed by atoms with E-state index in [-0.39, 0.29) is 0 Å². The number of hydrogen-bond donors (Lipinski definition) is 1. The SMILES string of the molecule is COC(C)CC1(CNC2CC2)CCCOC1. The smallest absolute Gasteiger partial charge is 0.0549 e. The third-order valence-electron chi connectivity index (χ3n) is 3.87. The second-order valence-electron chi connectivity index (χ2n) is 5.56. The summed E-state index contributed by atoms with van der Waals surface area (Å²) < 4.78 is 11.1. The van der Waals surface area contributed by atoms with Gasteiger partial charge in [-0.25, -0.2) is 0 Å². The van der Waals surface area contributed by atoms with Gasteiger partial charge in [-0.2, -0.15) is 0 Å². The molecule has 3 nitrogen and oxygen atoms in total. The van der Waals surface area contributed by atoms with Crippen LogP contribution in [0, 0.1) is 5.41 Å². The van der Waals surface area contributed by atoms with Crippen molar-refractivity contribution in [2.75, 3.05) is 26.9 Å². The Morgan fingerprint density at radius 3 is 2.88 bits per heavy atom. The van der Waals surface area contributed by atoms with Crippen LogP contribution < -0.4 is 5.32 Å². The van der Waals surface area contributed by atoms with Crippen LogP contribution in [0.3, 0.4) is 0 Å². The van der Waals surface area contributed by atoms with Crippen molar-refractivity contribution in [2.24, 2.45) is 5.41 Å². The first kappa shape index (κ1) is 12.3. The molecule has 1 aliphatic heterocycles. The van der Waals surface area contributed by atoms with Gasteiger partial charge in [0.25, 0.3) is 0 Å². The van der Waals surface area contributed by atoms with Crippen molar-refractivity contribution in [3.63, 3.8) is 0 Å². The van der Waals surface area contributed by atoms with Crippen molar-refractivity contribution in [2.45, 2.75) is 51.2 Å². The fourth-order valence-corrected chi connectivity index (χ4v) is 2.62. The zero-order valence-electron chi connectivity index (χ0n) is 10.6. The van der Waals surface area contributed by atoms with Crippen molar-refractivity contribution >= 4 is 0 Å². The lowest BCUT2D eigenvalue weighted by Gasteiger charge is -2.39. The van der Waals surface area contributed by atoms with E-state index in [1.165, 1.54) is 25.7 Å². The molecule has 1 saturated carbocycles. The Labute approximate surface area is 98.9 Å². The third kappa shape index (κ3) is 3.44. The maximum atomic E-state index is 5.69. The van der Waals surface area contributed by atoms with Crippen molar-refractivity contribution in [3.8, 4) is 0 Å². The molecular weight excluding hydrogens is 202 g/mol. The van der Waals surface area contributed by atoms with Gasteiger partial charge in [0.1, 0.15) is 0 Å². The van der Waals surface area contributed by atoms with Gasteiger partial charge in [-0.1, -0.05) is 0 Å². The summed E-state index contributed by atoms with van der Waals surface area (Å²) in [4.78, 5) is 0. The van der Waals surface area contributed by atoms with E-state index in [2.05, 4.69) is 12.2 Å².